The van der Waals surface area contributed by atoms with Crippen LogP contribution in [0.2, 0.25) is 0 Å². The third kappa shape index (κ3) is 1.98. The lowest BCUT2D eigenvalue weighted by Crippen LogP contribution is -2.55. The van der Waals surface area contributed by atoms with Crippen molar-refractivity contribution in [3.63, 3.8) is 0 Å². The van der Waals surface area contributed by atoms with Gasteiger partial charge in [-0.25, -0.2) is 9.78 Å². The van der Waals surface area contributed by atoms with Gasteiger partial charge in [-0.15, -0.1) is 0 Å². The zero-order valence-corrected chi connectivity index (χ0v) is 11.3. The lowest BCUT2D eigenvalue weighted by molar-refractivity contribution is -0.162. The van der Waals surface area contributed by atoms with Crippen molar-refractivity contribution in [2.75, 3.05) is 6.61 Å². The molecule has 1 aromatic heterocycles. The summed E-state index contributed by atoms with van der Waals surface area (Å²) < 4.78 is 5.54. The van der Waals surface area contributed by atoms with Gasteiger partial charge in [-0.05, 0) is 19.8 Å². The van der Waals surface area contributed by atoms with E-state index in [4.69, 9.17) is 4.74 Å². The molecular weight excluding hydrogens is 262 g/mol. The predicted octanol–water partition coefficient (Wildman–Crippen LogP) is 0.317. The molecule has 1 saturated heterocycles. The van der Waals surface area contributed by atoms with Crippen molar-refractivity contribution in [2.24, 2.45) is 0 Å². The monoisotopic (exact) mass is 279 g/mol. The topological polar surface area (TPSA) is 95.5 Å². The minimum absolute atomic E-state index is 0.232. The van der Waals surface area contributed by atoms with E-state index in [1.807, 2.05) is 0 Å². The number of hydrogen-bond donors (Lipinski definition) is 2. The molecule has 1 fully saturated rings. The molecule has 2 aliphatic rings. The van der Waals surface area contributed by atoms with E-state index >= 15 is 0 Å². The third-order valence-corrected chi connectivity index (χ3v) is 4.12. The van der Waals surface area contributed by atoms with Gasteiger partial charge in [0.2, 0.25) is 0 Å². The molecular formula is C13H17N3O4. The van der Waals surface area contributed by atoms with Crippen LogP contribution in [0, 0.1) is 0 Å². The Morgan fingerprint density at radius 2 is 2.40 bits per heavy atom. The molecule has 3 rings (SSSR count). The molecule has 0 radical (unpaired) electrons. The van der Waals surface area contributed by atoms with Crippen LogP contribution in [-0.4, -0.2) is 50.1 Å². The summed E-state index contributed by atoms with van der Waals surface area (Å²) in [5, 5.41) is 9.37. The average molecular weight is 279 g/mol. The SMILES string of the molecule is CC1(C(=O)N2Cc3[nH]cnc3CC2C(=O)O)CCCO1. The zero-order valence-electron chi connectivity index (χ0n) is 11.3. The van der Waals surface area contributed by atoms with E-state index in [1.165, 1.54) is 11.2 Å². The van der Waals surface area contributed by atoms with Crippen molar-refractivity contribution in [3.8, 4) is 0 Å². The number of hydrogen-bond acceptors (Lipinski definition) is 4. The van der Waals surface area contributed by atoms with Crippen molar-refractivity contribution in [3.05, 3.63) is 17.7 Å². The molecule has 0 aliphatic carbocycles. The molecule has 2 aliphatic heterocycles. The van der Waals surface area contributed by atoms with Crippen molar-refractivity contribution < 1.29 is 19.4 Å². The number of aliphatic carboxylic acids is 1. The first kappa shape index (κ1) is 13.1. The van der Waals surface area contributed by atoms with Gasteiger partial charge in [0, 0.05) is 13.0 Å². The van der Waals surface area contributed by atoms with E-state index in [2.05, 4.69) is 9.97 Å². The van der Waals surface area contributed by atoms with Crippen LogP contribution in [0.25, 0.3) is 0 Å². The molecule has 20 heavy (non-hydrogen) atoms. The largest absolute Gasteiger partial charge is 0.480 e. The second-order valence-corrected chi connectivity index (χ2v) is 5.50. The number of carbonyl (C=O) groups excluding carboxylic acids is 1. The van der Waals surface area contributed by atoms with Crippen molar-refractivity contribution in [2.45, 2.75) is 44.4 Å². The van der Waals surface area contributed by atoms with E-state index in [0.29, 0.717) is 13.0 Å². The second kappa shape index (κ2) is 4.59. The molecule has 7 nitrogen and oxygen atoms in total. The fraction of sp³-hybridized carbons (Fsp3) is 0.615. The van der Waals surface area contributed by atoms with Gasteiger partial charge in [0.05, 0.1) is 24.3 Å². The normalized spacial score (nSPS) is 29.2. The number of carboxylic acids is 1. The number of nitrogens with one attached hydrogen (secondary N) is 1. The summed E-state index contributed by atoms with van der Waals surface area (Å²) in [6.45, 7) is 2.52. The van der Waals surface area contributed by atoms with Crippen LogP contribution < -0.4 is 0 Å². The Morgan fingerprint density at radius 3 is 3.05 bits per heavy atom. The minimum Gasteiger partial charge on any atom is -0.480 e. The number of carboxylic acid groups (broad SMARTS) is 1. The van der Waals surface area contributed by atoms with E-state index < -0.39 is 17.6 Å². The molecule has 3 heterocycles. The fourth-order valence-corrected chi connectivity index (χ4v) is 2.92. The summed E-state index contributed by atoms with van der Waals surface area (Å²) in [5.41, 5.74) is 0.627. The summed E-state index contributed by atoms with van der Waals surface area (Å²) in [6, 6.07) is -0.876. The molecule has 0 aromatic carbocycles. The number of fused-ring (bicyclic) bond motifs is 1. The summed E-state index contributed by atoms with van der Waals surface area (Å²) in [5.74, 6) is -1.25. The maximum absolute atomic E-state index is 12.7. The van der Waals surface area contributed by atoms with Crippen LogP contribution in [0.3, 0.4) is 0 Å². The molecule has 2 atom stereocenters. The van der Waals surface area contributed by atoms with Crippen molar-refractivity contribution in [1.29, 1.82) is 0 Å². The third-order valence-electron chi connectivity index (χ3n) is 4.12. The van der Waals surface area contributed by atoms with Gasteiger partial charge in [-0.2, -0.15) is 0 Å². The van der Waals surface area contributed by atoms with Crippen LogP contribution >= 0.6 is 0 Å². The molecule has 1 amide bonds. The summed E-state index contributed by atoms with van der Waals surface area (Å²) in [7, 11) is 0. The molecule has 2 unspecified atom stereocenters. The molecule has 0 bridgehead atoms. The highest BCUT2D eigenvalue weighted by molar-refractivity contribution is 5.89. The Hall–Kier alpha value is -1.89. The quantitative estimate of drug-likeness (QED) is 0.812. The highest BCUT2D eigenvalue weighted by atomic mass is 16.5. The number of carbonyl (C=O) groups is 2. The van der Waals surface area contributed by atoms with Crippen LogP contribution in [0.5, 0.6) is 0 Å². The average Bonchev–Trinajstić information content (AvgIpc) is 3.05. The number of H-pyrrole nitrogens is 1. The first-order valence-corrected chi connectivity index (χ1v) is 6.70. The summed E-state index contributed by atoms with van der Waals surface area (Å²) in [6.07, 6.45) is 3.22. The molecule has 0 saturated carbocycles. The van der Waals surface area contributed by atoms with Crippen molar-refractivity contribution in [1.82, 2.24) is 14.9 Å². The second-order valence-electron chi connectivity index (χ2n) is 5.50. The standard InChI is InChI=1S/C13H17N3O4/c1-13(3-2-4-20-13)12(19)16-6-9-8(14-7-15-9)5-10(16)11(17)18/h7,10H,2-6H2,1H3,(H,14,15)(H,17,18). The van der Waals surface area contributed by atoms with Crippen LogP contribution in [0.15, 0.2) is 6.33 Å². The predicted molar refractivity (Wildman–Crippen MR) is 67.9 cm³/mol. The number of amides is 1. The Bertz CT molecular complexity index is 548. The smallest absolute Gasteiger partial charge is 0.326 e. The maximum Gasteiger partial charge on any atom is 0.326 e. The van der Waals surface area contributed by atoms with Crippen LogP contribution in [0.4, 0.5) is 0 Å². The Kier molecular flexibility index (Phi) is 3.01. The Morgan fingerprint density at radius 1 is 1.60 bits per heavy atom. The first-order valence-electron chi connectivity index (χ1n) is 6.70. The van der Waals surface area contributed by atoms with E-state index in [-0.39, 0.29) is 18.9 Å². The number of rotatable bonds is 2. The highest BCUT2D eigenvalue weighted by Gasteiger charge is 2.46. The van der Waals surface area contributed by atoms with Gasteiger partial charge < -0.3 is 19.7 Å². The van der Waals surface area contributed by atoms with Gasteiger partial charge >= 0.3 is 5.97 Å². The molecule has 0 spiro atoms. The Labute approximate surface area is 115 Å². The lowest BCUT2D eigenvalue weighted by atomic mass is 9.96. The van der Waals surface area contributed by atoms with Gasteiger partial charge in [0.1, 0.15) is 11.6 Å². The summed E-state index contributed by atoms with van der Waals surface area (Å²) in [4.78, 5) is 32.6. The maximum atomic E-state index is 12.7. The van der Waals surface area contributed by atoms with Gasteiger partial charge in [0.25, 0.3) is 5.91 Å². The number of imidazole rings is 1. The van der Waals surface area contributed by atoms with Gasteiger partial charge in [-0.3, -0.25) is 4.79 Å². The lowest BCUT2D eigenvalue weighted by Gasteiger charge is -2.37. The van der Waals surface area contributed by atoms with Crippen LogP contribution in [-0.2, 0) is 27.3 Å². The number of aromatic amines is 1. The number of ether oxygens (including phenoxy) is 1. The number of aromatic nitrogens is 2. The first-order chi connectivity index (χ1) is 9.51. The summed E-state index contributed by atoms with van der Waals surface area (Å²) >= 11 is 0. The molecule has 108 valence electrons. The fourth-order valence-electron chi connectivity index (χ4n) is 2.92. The Balaban J connectivity index is 1.90. The molecule has 2 N–H and O–H groups in total. The molecule has 1 aromatic rings. The van der Waals surface area contributed by atoms with Crippen molar-refractivity contribution >= 4 is 11.9 Å². The zero-order chi connectivity index (χ0) is 14.3. The number of nitrogens with zero attached hydrogens (tertiary/aromatic N) is 2. The van der Waals surface area contributed by atoms with E-state index in [0.717, 1.165) is 17.8 Å². The van der Waals surface area contributed by atoms with E-state index in [1.54, 1.807) is 6.92 Å². The highest BCUT2D eigenvalue weighted by Crippen LogP contribution is 2.31. The minimum atomic E-state index is -1.01. The molecule has 7 heteroatoms. The van der Waals surface area contributed by atoms with E-state index in [9.17, 15) is 14.7 Å². The van der Waals surface area contributed by atoms with Gasteiger partial charge in [0.15, 0.2) is 0 Å². The van der Waals surface area contributed by atoms with Crippen LogP contribution in [0.1, 0.15) is 31.2 Å². The van der Waals surface area contributed by atoms with Gasteiger partial charge in [-0.1, -0.05) is 0 Å².